The fraction of sp³-hybridized carbons (Fsp3) is 0.933. The van der Waals surface area contributed by atoms with Gasteiger partial charge < -0.3 is 10.6 Å². The molecule has 1 atom stereocenters. The molecule has 2 aliphatic rings. The standard InChI is InChI=1S/C15H28N2OS.ClH/c18-15(11-14-12-19-10-9-16-14)17-8-4-3-7-13-5-1-2-6-13;/h13-14,16H,1-12H2,(H,17,18);1H. The summed E-state index contributed by atoms with van der Waals surface area (Å²) in [6, 6.07) is 0.386. The number of carbonyl (C=O) groups excluding carboxylic acids is 1. The van der Waals surface area contributed by atoms with Gasteiger partial charge in [0.1, 0.15) is 0 Å². The van der Waals surface area contributed by atoms with Crippen LogP contribution in [0.25, 0.3) is 0 Å². The van der Waals surface area contributed by atoms with Gasteiger partial charge in [0.15, 0.2) is 0 Å². The zero-order valence-corrected chi connectivity index (χ0v) is 14.0. The van der Waals surface area contributed by atoms with Gasteiger partial charge in [0, 0.05) is 37.1 Å². The van der Waals surface area contributed by atoms with Gasteiger partial charge in [-0.25, -0.2) is 0 Å². The van der Waals surface area contributed by atoms with E-state index in [0.29, 0.717) is 12.5 Å². The molecule has 0 aromatic rings. The number of hydrogen-bond donors (Lipinski definition) is 2. The van der Waals surface area contributed by atoms with Crippen LogP contribution in [0.3, 0.4) is 0 Å². The summed E-state index contributed by atoms with van der Waals surface area (Å²) in [7, 11) is 0. The van der Waals surface area contributed by atoms with Crippen LogP contribution in [0, 0.1) is 5.92 Å². The van der Waals surface area contributed by atoms with Crippen molar-refractivity contribution in [1.82, 2.24) is 10.6 Å². The highest BCUT2D eigenvalue weighted by molar-refractivity contribution is 7.99. The summed E-state index contributed by atoms with van der Waals surface area (Å²) in [4.78, 5) is 11.8. The fourth-order valence-corrected chi connectivity index (χ4v) is 4.08. The molecule has 1 aliphatic carbocycles. The van der Waals surface area contributed by atoms with Crippen molar-refractivity contribution in [2.24, 2.45) is 5.92 Å². The van der Waals surface area contributed by atoms with Gasteiger partial charge in [-0.05, 0) is 12.3 Å². The van der Waals surface area contributed by atoms with Gasteiger partial charge >= 0.3 is 0 Å². The number of nitrogens with one attached hydrogen (secondary N) is 2. The Bertz CT molecular complexity index is 267. The molecular weight excluding hydrogens is 292 g/mol. The molecule has 3 nitrogen and oxygen atoms in total. The summed E-state index contributed by atoms with van der Waals surface area (Å²) in [5.74, 6) is 3.47. The molecule has 0 radical (unpaired) electrons. The third-order valence-electron chi connectivity index (χ3n) is 4.27. The molecule has 1 heterocycles. The van der Waals surface area contributed by atoms with Crippen LogP contribution >= 0.6 is 24.2 Å². The highest BCUT2D eigenvalue weighted by atomic mass is 35.5. The Morgan fingerprint density at radius 1 is 1.25 bits per heavy atom. The first kappa shape index (κ1) is 18.1. The van der Waals surface area contributed by atoms with Crippen LogP contribution < -0.4 is 10.6 Å². The van der Waals surface area contributed by atoms with Crippen molar-refractivity contribution >= 4 is 30.1 Å². The van der Waals surface area contributed by atoms with Crippen molar-refractivity contribution in [3.63, 3.8) is 0 Å². The number of carbonyl (C=O) groups is 1. The van der Waals surface area contributed by atoms with Crippen molar-refractivity contribution in [3.05, 3.63) is 0 Å². The summed E-state index contributed by atoms with van der Waals surface area (Å²) >= 11 is 1.95. The van der Waals surface area contributed by atoms with Crippen molar-refractivity contribution in [2.75, 3.05) is 24.6 Å². The van der Waals surface area contributed by atoms with E-state index in [0.717, 1.165) is 31.2 Å². The predicted octanol–water partition coefficient (Wildman–Crippen LogP) is 2.98. The van der Waals surface area contributed by atoms with Gasteiger partial charge in [0.05, 0.1) is 0 Å². The molecule has 118 valence electrons. The van der Waals surface area contributed by atoms with Crippen molar-refractivity contribution in [2.45, 2.75) is 57.4 Å². The van der Waals surface area contributed by atoms with Gasteiger partial charge in [-0.1, -0.05) is 38.5 Å². The second-order valence-electron chi connectivity index (χ2n) is 5.93. The van der Waals surface area contributed by atoms with Gasteiger partial charge in [0.25, 0.3) is 0 Å². The van der Waals surface area contributed by atoms with Crippen LogP contribution in [0.5, 0.6) is 0 Å². The maximum absolute atomic E-state index is 11.8. The van der Waals surface area contributed by atoms with Crippen LogP contribution in [-0.2, 0) is 4.79 Å². The second-order valence-corrected chi connectivity index (χ2v) is 7.08. The third-order valence-corrected chi connectivity index (χ3v) is 5.40. The Hall–Kier alpha value is 0.0700. The molecule has 20 heavy (non-hydrogen) atoms. The minimum atomic E-state index is 0. The Morgan fingerprint density at radius 3 is 2.75 bits per heavy atom. The van der Waals surface area contributed by atoms with Crippen molar-refractivity contribution in [1.29, 1.82) is 0 Å². The van der Waals surface area contributed by atoms with E-state index in [2.05, 4.69) is 10.6 Å². The highest BCUT2D eigenvalue weighted by Gasteiger charge is 2.16. The summed E-state index contributed by atoms with van der Waals surface area (Å²) in [6.45, 7) is 1.91. The van der Waals surface area contributed by atoms with E-state index in [1.165, 1.54) is 44.3 Å². The average Bonchev–Trinajstić information content (AvgIpc) is 2.92. The molecule has 1 amide bonds. The quantitative estimate of drug-likeness (QED) is 0.709. The number of unbranched alkanes of at least 4 members (excludes halogenated alkanes) is 1. The number of halogens is 1. The topological polar surface area (TPSA) is 41.1 Å². The lowest BCUT2D eigenvalue weighted by Crippen LogP contribution is -2.41. The summed E-state index contributed by atoms with van der Waals surface area (Å²) < 4.78 is 0. The number of rotatable bonds is 7. The van der Waals surface area contributed by atoms with Crippen LogP contribution in [0.15, 0.2) is 0 Å². The molecule has 2 rings (SSSR count). The van der Waals surface area contributed by atoms with Gasteiger partial charge in [-0.2, -0.15) is 11.8 Å². The van der Waals surface area contributed by atoms with Gasteiger partial charge in [0.2, 0.25) is 5.91 Å². The SMILES string of the molecule is Cl.O=C(CC1CSCCN1)NCCCCC1CCCC1. The van der Waals surface area contributed by atoms with E-state index in [9.17, 15) is 4.79 Å². The largest absolute Gasteiger partial charge is 0.356 e. The molecule has 1 unspecified atom stereocenters. The monoisotopic (exact) mass is 320 g/mol. The average molecular weight is 321 g/mol. The lowest BCUT2D eigenvalue weighted by Gasteiger charge is -2.22. The molecule has 1 saturated carbocycles. The van der Waals surface area contributed by atoms with Crippen LogP contribution in [0.4, 0.5) is 0 Å². The summed E-state index contributed by atoms with van der Waals surface area (Å²) in [6.07, 6.45) is 10.2. The predicted molar refractivity (Wildman–Crippen MR) is 89.8 cm³/mol. The molecule has 1 saturated heterocycles. The van der Waals surface area contributed by atoms with Crippen LogP contribution in [0.1, 0.15) is 51.4 Å². The first-order valence-corrected chi connectivity index (χ1v) is 9.08. The van der Waals surface area contributed by atoms with Crippen molar-refractivity contribution in [3.8, 4) is 0 Å². The van der Waals surface area contributed by atoms with Gasteiger partial charge in [-0.3, -0.25) is 4.79 Å². The third kappa shape index (κ3) is 7.19. The maximum Gasteiger partial charge on any atom is 0.221 e. The second kappa shape index (κ2) is 10.7. The molecular formula is C15H29ClN2OS. The zero-order chi connectivity index (χ0) is 13.3. The van der Waals surface area contributed by atoms with Crippen LogP contribution in [-0.4, -0.2) is 36.5 Å². The Kier molecular flexibility index (Phi) is 9.74. The fourth-order valence-electron chi connectivity index (χ4n) is 3.13. The smallest absolute Gasteiger partial charge is 0.221 e. The van der Waals surface area contributed by atoms with E-state index >= 15 is 0 Å². The minimum absolute atomic E-state index is 0. The molecule has 2 N–H and O–H groups in total. The molecule has 2 fully saturated rings. The van der Waals surface area contributed by atoms with E-state index in [4.69, 9.17) is 0 Å². The first-order chi connectivity index (χ1) is 9.34. The zero-order valence-electron chi connectivity index (χ0n) is 12.4. The van der Waals surface area contributed by atoms with Crippen LogP contribution in [0.2, 0.25) is 0 Å². The molecule has 0 aromatic heterocycles. The summed E-state index contributed by atoms with van der Waals surface area (Å²) in [5, 5.41) is 6.47. The number of hydrogen-bond acceptors (Lipinski definition) is 3. The van der Waals surface area contributed by atoms with E-state index < -0.39 is 0 Å². The highest BCUT2D eigenvalue weighted by Crippen LogP contribution is 2.28. The van der Waals surface area contributed by atoms with E-state index in [1.54, 1.807) is 0 Å². The molecule has 0 aromatic carbocycles. The Balaban J connectivity index is 0.00000200. The maximum atomic E-state index is 11.8. The Labute approximate surface area is 133 Å². The first-order valence-electron chi connectivity index (χ1n) is 7.92. The van der Waals surface area contributed by atoms with Gasteiger partial charge in [-0.15, -0.1) is 12.4 Å². The van der Waals surface area contributed by atoms with Crippen molar-refractivity contribution < 1.29 is 4.79 Å². The normalized spacial score (nSPS) is 23.3. The summed E-state index contributed by atoms with van der Waals surface area (Å²) in [5.41, 5.74) is 0. The van der Waals surface area contributed by atoms with E-state index in [-0.39, 0.29) is 18.3 Å². The van der Waals surface area contributed by atoms with E-state index in [1.807, 2.05) is 11.8 Å². The Morgan fingerprint density at radius 2 is 2.05 bits per heavy atom. The molecule has 0 bridgehead atoms. The minimum Gasteiger partial charge on any atom is -0.356 e. The lowest BCUT2D eigenvalue weighted by molar-refractivity contribution is -0.121. The lowest BCUT2D eigenvalue weighted by atomic mass is 10.0. The molecule has 0 spiro atoms. The number of thioether (sulfide) groups is 1. The number of amides is 1. The molecule has 5 heteroatoms. The molecule has 1 aliphatic heterocycles.